The fourth-order valence-electron chi connectivity index (χ4n) is 4.94. The van der Waals surface area contributed by atoms with Crippen molar-refractivity contribution in [3.63, 3.8) is 0 Å². The van der Waals surface area contributed by atoms with Crippen LogP contribution in [0.5, 0.6) is 0 Å². The first-order chi connectivity index (χ1) is 13.3. The summed E-state index contributed by atoms with van der Waals surface area (Å²) in [5.41, 5.74) is 3.70. The molecular weight excluding hydrogens is 452 g/mol. The molecule has 2 unspecified atom stereocenters. The number of amides is 1. The van der Waals surface area contributed by atoms with Crippen molar-refractivity contribution in [2.75, 3.05) is 19.4 Å². The van der Waals surface area contributed by atoms with Gasteiger partial charge in [-0.15, -0.1) is 0 Å². The second-order valence-corrected chi connectivity index (χ2v) is 9.08. The molecule has 2 aliphatic rings. The van der Waals surface area contributed by atoms with Crippen molar-refractivity contribution >= 4 is 23.4 Å². The van der Waals surface area contributed by atoms with Gasteiger partial charge in [0, 0.05) is 36.3 Å². The Morgan fingerprint density at radius 3 is 2.41 bits per heavy atom. The van der Waals surface area contributed by atoms with Gasteiger partial charge in [0.05, 0.1) is 31.9 Å². The number of anilines is 1. The number of aryl methyl sites for hydroxylation is 1. The van der Waals surface area contributed by atoms with E-state index in [1.807, 2.05) is 49.4 Å². The molecule has 4 nitrogen and oxygen atoms in total. The van der Waals surface area contributed by atoms with E-state index in [9.17, 15) is 4.79 Å². The van der Waals surface area contributed by atoms with Gasteiger partial charge in [-0.25, -0.2) is 4.79 Å². The summed E-state index contributed by atoms with van der Waals surface area (Å²) in [5, 5.41) is 3.68. The predicted molar refractivity (Wildman–Crippen MR) is 114 cm³/mol. The number of ether oxygens (including phenoxy) is 1. The zero-order chi connectivity index (χ0) is 19.9. The van der Waals surface area contributed by atoms with E-state index in [-0.39, 0.29) is 29.2 Å². The Hall–Kier alpha value is -1.56. The molecule has 2 heterocycles. The zero-order valence-electron chi connectivity index (χ0n) is 17.1. The lowest BCUT2D eigenvalue weighted by molar-refractivity contribution is -0.931. The van der Waals surface area contributed by atoms with E-state index in [2.05, 4.69) is 19.4 Å². The molecule has 0 aromatic heterocycles. The Kier molecular flexibility index (Phi) is 6.61. The third-order valence-corrected chi connectivity index (χ3v) is 6.93. The highest BCUT2D eigenvalue weighted by molar-refractivity contribution is 6.30. The number of benzene rings is 2. The number of hydrogen-bond donors (Lipinski definition) is 1. The Balaban J connectivity index is 0.00000240. The Labute approximate surface area is 188 Å². The van der Waals surface area contributed by atoms with Crippen molar-refractivity contribution in [1.82, 2.24) is 0 Å². The Morgan fingerprint density at radius 1 is 1.10 bits per heavy atom. The largest absolute Gasteiger partial charge is 1.00 e. The smallest absolute Gasteiger partial charge is 0.411 e. The first kappa shape index (κ1) is 22.1. The Morgan fingerprint density at radius 2 is 1.76 bits per heavy atom. The predicted octanol–water partition coefficient (Wildman–Crippen LogP) is 2.64. The molecule has 4 rings (SSSR count). The van der Waals surface area contributed by atoms with Crippen LogP contribution in [0.2, 0.25) is 5.02 Å². The minimum Gasteiger partial charge on any atom is -1.00 e. The van der Waals surface area contributed by atoms with Crippen LogP contribution in [0.4, 0.5) is 10.5 Å². The molecule has 2 aromatic rings. The van der Waals surface area contributed by atoms with Gasteiger partial charge in [-0.1, -0.05) is 41.9 Å². The molecule has 2 atom stereocenters. The quantitative estimate of drug-likeness (QED) is 0.688. The van der Waals surface area contributed by atoms with Gasteiger partial charge < -0.3 is 26.2 Å². The van der Waals surface area contributed by atoms with E-state index in [1.54, 1.807) is 0 Å². The van der Waals surface area contributed by atoms with Crippen LogP contribution in [0.15, 0.2) is 42.5 Å². The first-order valence-electron chi connectivity index (χ1n) is 10.0. The van der Waals surface area contributed by atoms with E-state index in [0.29, 0.717) is 17.1 Å². The molecule has 2 bridgehead atoms. The standard InChI is InChI=1S/C23H27ClN2O2.BrH/c1-15-6-4-9-21(16-7-5-8-17(24)12-16)22(15)25-23(27)28-20-13-18-10-11-19(14-20)26(18,2)3;/h4-9,12,18-20H,10-11,13-14H2,1-3H3;1H. The van der Waals surface area contributed by atoms with Gasteiger partial charge in [-0.3, -0.25) is 5.32 Å². The molecule has 2 aromatic carbocycles. The van der Waals surface area contributed by atoms with Crippen molar-refractivity contribution in [2.45, 2.75) is 50.8 Å². The zero-order valence-corrected chi connectivity index (χ0v) is 19.5. The normalized spacial score (nSPS) is 24.5. The average molecular weight is 480 g/mol. The van der Waals surface area contributed by atoms with Crippen LogP contribution in [0.3, 0.4) is 0 Å². The first-order valence-corrected chi connectivity index (χ1v) is 10.4. The number of para-hydroxylation sites is 1. The summed E-state index contributed by atoms with van der Waals surface area (Å²) in [6, 6.07) is 14.8. The van der Waals surface area contributed by atoms with Crippen molar-refractivity contribution in [2.24, 2.45) is 0 Å². The minimum atomic E-state index is -0.366. The second kappa shape index (κ2) is 8.66. The summed E-state index contributed by atoms with van der Waals surface area (Å²) >= 11 is 6.16. The molecule has 29 heavy (non-hydrogen) atoms. The molecule has 0 aliphatic carbocycles. The van der Waals surface area contributed by atoms with Crippen molar-refractivity contribution in [1.29, 1.82) is 0 Å². The molecule has 2 aliphatic heterocycles. The fraction of sp³-hybridized carbons (Fsp3) is 0.435. The number of carbonyl (C=O) groups excluding carboxylic acids is 1. The molecule has 1 N–H and O–H groups in total. The number of rotatable bonds is 3. The number of nitrogens with one attached hydrogen (secondary N) is 1. The number of quaternary nitrogens is 1. The van der Waals surface area contributed by atoms with Crippen LogP contribution < -0.4 is 22.3 Å². The average Bonchev–Trinajstić information content (AvgIpc) is 2.81. The molecular formula is C23H28BrClN2O2. The van der Waals surface area contributed by atoms with E-state index >= 15 is 0 Å². The number of hydrogen-bond acceptors (Lipinski definition) is 2. The highest BCUT2D eigenvalue weighted by atomic mass is 79.9. The second-order valence-electron chi connectivity index (χ2n) is 8.65. The van der Waals surface area contributed by atoms with Gasteiger partial charge >= 0.3 is 6.09 Å². The van der Waals surface area contributed by atoms with E-state index in [4.69, 9.17) is 16.3 Å². The summed E-state index contributed by atoms with van der Waals surface area (Å²) in [7, 11) is 4.62. The van der Waals surface area contributed by atoms with Crippen LogP contribution in [0.1, 0.15) is 31.2 Å². The summed E-state index contributed by atoms with van der Waals surface area (Å²) in [6.45, 7) is 1.99. The van der Waals surface area contributed by atoms with E-state index in [0.717, 1.165) is 39.7 Å². The molecule has 1 amide bonds. The molecule has 156 valence electrons. The van der Waals surface area contributed by atoms with Gasteiger partial charge in [0.15, 0.2) is 0 Å². The molecule has 6 heteroatoms. The van der Waals surface area contributed by atoms with Gasteiger partial charge in [-0.2, -0.15) is 0 Å². The van der Waals surface area contributed by atoms with Gasteiger partial charge in [0.25, 0.3) is 0 Å². The molecule has 2 fully saturated rings. The Bertz CT molecular complexity index is 886. The van der Waals surface area contributed by atoms with Crippen LogP contribution in [0, 0.1) is 6.92 Å². The lowest BCUT2D eigenvalue weighted by Gasteiger charge is -2.43. The molecule has 0 spiro atoms. The monoisotopic (exact) mass is 478 g/mol. The maximum Gasteiger partial charge on any atom is 0.411 e. The highest BCUT2D eigenvalue weighted by Gasteiger charge is 2.49. The third-order valence-electron chi connectivity index (χ3n) is 6.69. The number of halogens is 2. The number of fused-ring (bicyclic) bond motifs is 2. The fourth-order valence-corrected chi connectivity index (χ4v) is 5.13. The van der Waals surface area contributed by atoms with Crippen LogP contribution >= 0.6 is 11.6 Å². The van der Waals surface area contributed by atoms with Crippen molar-refractivity contribution in [3.05, 3.63) is 53.1 Å². The summed E-state index contributed by atoms with van der Waals surface area (Å²) in [4.78, 5) is 12.7. The maximum absolute atomic E-state index is 12.7. The van der Waals surface area contributed by atoms with Gasteiger partial charge in [0.1, 0.15) is 6.10 Å². The molecule has 0 saturated carbocycles. The number of piperidine rings is 1. The third kappa shape index (κ3) is 4.47. The van der Waals surface area contributed by atoms with Gasteiger partial charge in [0.2, 0.25) is 0 Å². The maximum atomic E-state index is 12.7. The summed E-state index contributed by atoms with van der Waals surface area (Å²) in [6.07, 6.45) is 4.00. The van der Waals surface area contributed by atoms with Gasteiger partial charge in [-0.05, 0) is 30.2 Å². The topological polar surface area (TPSA) is 38.3 Å². The summed E-state index contributed by atoms with van der Waals surface area (Å²) in [5.74, 6) is 0. The van der Waals surface area contributed by atoms with Crippen LogP contribution in [-0.2, 0) is 4.74 Å². The van der Waals surface area contributed by atoms with Crippen molar-refractivity contribution < 1.29 is 31.0 Å². The van der Waals surface area contributed by atoms with E-state index in [1.165, 1.54) is 12.8 Å². The number of nitrogens with zero attached hydrogens (tertiary/aromatic N) is 1. The highest BCUT2D eigenvalue weighted by Crippen LogP contribution is 2.40. The summed E-state index contributed by atoms with van der Waals surface area (Å²) < 4.78 is 6.92. The van der Waals surface area contributed by atoms with Crippen LogP contribution in [0.25, 0.3) is 11.1 Å². The lowest BCUT2D eigenvalue weighted by Crippen LogP contribution is -3.00. The van der Waals surface area contributed by atoms with E-state index < -0.39 is 0 Å². The SMILES string of the molecule is Cc1cccc(-c2cccc(Cl)c2)c1NC(=O)OC1CC2CCC(C1)[N+]2(C)C.[Br-]. The molecule has 0 radical (unpaired) electrons. The van der Waals surface area contributed by atoms with Crippen LogP contribution in [-0.4, -0.2) is 42.9 Å². The number of carbonyl (C=O) groups is 1. The van der Waals surface area contributed by atoms with Crippen molar-refractivity contribution in [3.8, 4) is 11.1 Å². The minimum absolute atomic E-state index is 0. The lowest BCUT2D eigenvalue weighted by atomic mass is 9.98. The molecule has 2 saturated heterocycles.